The first-order chi connectivity index (χ1) is 15.2. The number of rotatable bonds is 3. The van der Waals surface area contributed by atoms with E-state index < -0.39 is 48.1 Å². The van der Waals surface area contributed by atoms with Gasteiger partial charge in [0.05, 0.1) is 12.7 Å². The van der Waals surface area contributed by atoms with Crippen molar-refractivity contribution in [3.63, 3.8) is 0 Å². The topological polar surface area (TPSA) is 110 Å². The lowest BCUT2D eigenvalue weighted by molar-refractivity contribution is -0.196. The minimum absolute atomic E-state index is 0.0260. The zero-order valence-corrected chi connectivity index (χ0v) is 17.2. The van der Waals surface area contributed by atoms with Gasteiger partial charge >= 0.3 is 12.1 Å². The Morgan fingerprint density at radius 2 is 2.10 bits per heavy atom. The molecular weight excluding hydrogens is 388 g/mol. The summed E-state index contributed by atoms with van der Waals surface area (Å²) in [6, 6.07) is 0. The zero-order chi connectivity index (χ0) is 24.4. The van der Waals surface area contributed by atoms with Gasteiger partial charge in [-0.15, -0.1) is 0 Å². The Labute approximate surface area is 180 Å². The number of ketones is 1. The number of aliphatic hydroxyl groups is 1. The Kier molecular flexibility index (Phi) is 4.05. The van der Waals surface area contributed by atoms with E-state index in [0.717, 1.165) is 5.57 Å². The van der Waals surface area contributed by atoms with Crippen LogP contribution < -0.4 is 0 Å². The highest BCUT2D eigenvalue weighted by Crippen LogP contribution is 2.67. The number of allylic oxidation sites excluding steroid dienone is 4. The van der Waals surface area contributed by atoms with E-state index in [9.17, 15) is 24.6 Å². The average Bonchev–Trinajstić information content (AvgIpc) is 2.99. The maximum Gasteiger partial charge on any atom is 0.509 e. The number of carboxylic acids is 1. The summed E-state index contributed by atoms with van der Waals surface area (Å²) >= 11 is 0. The van der Waals surface area contributed by atoms with Crippen LogP contribution in [0.25, 0.3) is 0 Å². The van der Waals surface area contributed by atoms with E-state index in [2.05, 4.69) is 0 Å². The van der Waals surface area contributed by atoms with E-state index in [1.807, 2.05) is 13.0 Å². The molecule has 2 N–H and O–H groups in total. The molecule has 3 fully saturated rings. The molecule has 0 spiro atoms. The van der Waals surface area contributed by atoms with Gasteiger partial charge in [0.2, 0.25) is 5.60 Å². The first-order valence-corrected chi connectivity index (χ1v) is 10.4. The van der Waals surface area contributed by atoms with E-state index in [1.165, 1.54) is 6.08 Å². The van der Waals surface area contributed by atoms with Gasteiger partial charge in [0.15, 0.2) is 5.78 Å². The van der Waals surface area contributed by atoms with Crippen molar-refractivity contribution < 1.29 is 38.2 Å². The van der Waals surface area contributed by atoms with Crippen molar-refractivity contribution in [3.05, 3.63) is 23.8 Å². The quantitative estimate of drug-likeness (QED) is 0.673. The fraction of sp³-hybridized carbons (Fsp3) is 0.696. The molecule has 0 heterocycles. The van der Waals surface area contributed by atoms with Gasteiger partial charge in [0.25, 0.3) is 0 Å². The highest BCUT2D eigenvalue weighted by Gasteiger charge is 2.71. The number of carbonyl (C=O) groups excluding carboxylic acids is 2. The van der Waals surface area contributed by atoms with E-state index in [1.54, 1.807) is 13.0 Å². The Hall–Kier alpha value is -2.15. The molecule has 4 rings (SSSR count). The predicted molar refractivity (Wildman–Crippen MR) is 106 cm³/mol. The summed E-state index contributed by atoms with van der Waals surface area (Å²) in [5.74, 6) is -1.74. The summed E-state index contributed by atoms with van der Waals surface area (Å²) in [6.07, 6.45) is 4.86. The van der Waals surface area contributed by atoms with Crippen LogP contribution in [0.15, 0.2) is 23.8 Å². The van der Waals surface area contributed by atoms with Crippen LogP contribution in [-0.2, 0) is 19.1 Å². The van der Waals surface area contributed by atoms with Crippen LogP contribution in [0.3, 0.4) is 0 Å². The second-order valence-corrected chi connectivity index (χ2v) is 9.52. The molecule has 30 heavy (non-hydrogen) atoms. The molecule has 7 atom stereocenters. The number of hydrogen-bond acceptors (Lipinski definition) is 6. The van der Waals surface area contributed by atoms with Crippen molar-refractivity contribution in [2.45, 2.75) is 64.5 Å². The van der Waals surface area contributed by atoms with E-state index >= 15 is 0 Å². The molecule has 7 heteroatoms. The molecule has 0 aromatic rings. The molecule has 0 amide bonds. The molecule has 0 aliphatic heterocycles. The molecule has 3 saturated carbocycles. The van der Waals surface area contributed by atoms with Gasteiger partial charge in [0, 0.05) is 20.9 Å². The molecule has 0 unspecified atom stereocenters. The first-order valence-electron chi connectivity index (χ1n) is 11.9. The normalized spacial score (nSPS) is 46.3. The summed E-state index contributed by atoms with van der Waals surface area (Å²) in [5.41, 5.74) is -2.49. The smallest absolute Gasteiger partial charge is 0.478 e. The van der Waals surface area contributed by atoms with Gasteiger partial charge in [-0.25, -0.2) is 9.59 Å². The van der Waals surface area contributed by atoms with E-state index in [0.29, 0.717) is 19.3 Å². The van der Waals surface area contributed by atoms with Crippen LogP contribution >= 0.6 is 0 Å². The van der Waals surface area contributed by atoms with Gasteiger partial charge in [-0.1, -0.05) is 25.5 Å². The van der Waals surface area contributed by atoms with Gasteiger partial charge in [-0.2, -0.15) is 0 Å². The lowest BCUT2D eigenvalue weighted by Gasteiger charge is -2.59. The lowest BCUT2D eigenvalue weighted by Crippen LogP contribution is -2.62. The standard InChI is InChI=1S/C23H30O7/c1-4-29-20(28)30-23(19(26)27)10-8-16-15-6-5-13-11-14(24)7-9-21(13,2)18(15)17(25)12-22(16,23)3/h7,9,11,15-18,25H,4-6,8,10,12H2,1-3H3,(H,26,27)/t15-,16-,17-,18+,21-,22-,23-/m0/s1/i1D3. The third-order valence-corrected chi connectivity index (χ3v) is 8.41. The Morgan fingerprint density at radius 3 is 2.80 bits per heavy atom. The van der Waals surface area contributed by atoms with Crippen molar-refractivity contribution in [3.8, 4) is 0 Å². The van der Waals surface area contributed by atoms with Gasteiger partial charge in [0.1, 0.15) is 0 Å². The van der Waals surface area contributed by atoms with Crippen molar-refractivity contribution in [2.75, 3.05) is 6.61 Å². The second-order valence-electron chi connectivity index (χ2n) is 9.52. The maximum atomic E-state index is 12.5. The maximum absolute atomic E-state index is 12.5. The number of aliphatic carboxylic acids is 1. The molecule has 164 valence electrons. The molecule has 0 radical (unpaired) electrons. The minimum Gasteiger partial charge on any atom is -0.478 e. The minimum atomic E-state index is -2.52. The monoisotopic (exact) mass is 421 g/mol. The third-order valence-electron chi connectivity index (χ3n) is 8.41. The van der Waals surface area contributed by atoms with Gasteiger partial charge < -0.3 is 19.7 Å². The largest absolute Gasteiger partial charge is 0.509 e. The summed E-state index contributed by atoms with van der Waals surface area (Å²) in [6.45, 7) is 0.354. The molecule has 4 aliphatic rings. The summed E-state index contributed by atoms with van der Waals surface area (Å²) in [7, 11) is 0. The molecule has 0 aromatic carbocycles. The average molecular weight is 422 g/mol. The molecule has 0 aromatic heterocycles. The van der Waals surface area contributed by atoms with Crippen molar-refractivity contribution in [2.24, 2.45) is 28.6 Å². The van der Waals surface area contributed by atoms with Gasteiger partial charge in [-0.3, -0.25) is 4.79 Å². The number of carbonyl (C=O) groups is 3. The molecule has 0 bridgehead atoms. The summed E-state index contributed by atoms with van der Waals surface area (Å²) < 4.78 is 31.7. The van der Waals surface area contributed by atoms with Crippen LogP contribution in [0.5, 0.6) is 0 Å². The van der Waals surface area contributed by atoms with E-state index in [-0.39, 0.29) is 36.4 Å². The Morgan fingerprint density at radius 1 is 1.33 bits per heavy atom. The summed E-state index contributed by atoms with van der Waals surface area (Å²) in [4.78, 5) is 36.8. The van der Waals surface area contributed by atoms with Crippen LogP contribution in [0, 0.1) is 28.6 Å². The van der Waals surface area contributed by atoms with Crippen LogP contribution in [0.1, 0.15) is 56.9 Å². The number of hydrogen-bond donors (Lipinski definition) is 2. The fourth-order valence-electron chi connectivity index (χ4n) is 7.11. The number of aliphatic hydroxyl groups excluding tert-OH is 1. The third kappa shape index (κ3) is 2.70. The Bertz CT molecular complexity index is 941. The van der Waals surface area contributed by atoms with Crippen molar-refractivity contribution in [1.29, 1.82) is 0 Å². The molecule has 4 aliphatic carbocycles. The van der Waals surface area contributed by atoms with Gasteiger partial charge in [-0.05, 0) is 62.9 Å². The van der Waals surface area contributed by atoms with Crippen molar-refractivity contribution >= 4 is 17.9 Å². The number of carboxylic acid groups (broad SMARTS) is 1. The highest BCUT2D eigenvalue weighted by atomic mass is 16.7. The fourth-order valence-corrected chi connectivity index (χ4v) is 7.11. The molecular formula is C23H30O7. The first kappa shape index (κ1) is 17.5. The SMILES string of the molecule is [2H]C([2H])([2H])COC(=O)O[C@]1(C(=O)O)CC[C@H]2[C@@H]3CCC4=CC(=O)C=C[C@]4(C)[C@H]3[C@@H](O)C[C@@]21C. The number of fused-ring (bicyclic) bond motifs is 5. The molecule has 7 nitrogen and oxygen atoms in total. The summed E-state index contributed by atoms with van der Waals surface area (Å²) in [5, 5.41) is 21.6. The zero-order valence-electron chi connectivity index (χ0n) is 20.2. The second kappa shape index (κ2) is 6.94. The van der Waals surface area contributed by atoms with Crippen LogP contribution in [0.2, 0.25) is 0 Å². The van der Waals surface area contributed by atoms with E-state index in [4.69, 9.17) is 13.6 Å². The molecule has 0 saturated heterocycles. The number of ether oxygens (including phenoxy) is 2. The Balaban J connectivity index is 1.65. The van der Waals surface area contributed by atoms with Crippen LogP contribution in [-0.4, -0.2) is 46.4 Å². The van der Waals surface area contributed by atoms with Crippen LogP contribution in [0.4, 0.5) is 4.79 Å². The van der Waals surface area contributed by atoms with Crippen molar-refractivity contribution in [1.82, 2.24) is 0 Å². The highest BCUT2D eigenvalue weighted by molar-refractivity contribution is 6.01. The lowest BCUT2D eigenvalue weighted by atomic mass is 9.46. The predicted octanol–water partition coefficient (Wildman–Crippen LogP) is 3.26.